The van der Waals surface area contributed by atoms with Crippen molar-refractivity contribution in [3.05, 3.63) is 33.8 Å². The summed E-state index contributed by atoms with van der Waals surface area (Å²) in [5, 5.41) is 1.42. The van der Waals surface area contributed by atoms with Crippen LogP contribution in [0.25, 0.3) is 0 Å². The summed E-state index contributed by atoms with van der Waals surface area (Å²) < 4.78 is 0. The Hall–Kier alpha value is -0.240. The largest absolute Gasteiger partial charge is 0.327 e. The number of halogens is 2. The van der Waals surface area contributed by atoms with Gasteiger partial charge in [-0.15, -0.1) is 0 Å². The maximum absolute atomic E-state index is 6.20. The van der Waals surface area contributed by atoms with Crippen molar-refractivity contribution < 1.29 is 0 Å². The minimum atomic E-state index is 0.212. The fourth-order valence-corrected chi connectivity index (χ4v) is 3.31. The quantitative estimate of drug-likeness (QED) is 0.824. The molecule has 0 spiro atoms. The topological polar surface area (TPSA) is 26.0 Å². The molecule has 0 aliphatic heterocycles. The van der Waals surface area contributed by atoms with Gasteiger partial charge >= 0.3 is 0 Å². The zero-order chi connectivity index (χ0) is 13.0. The van der Waals surface area contributed by atoms with Gasteiger partial charge in [0.05, 0.1) is 0 Å². The molecule has 1 saturated carbocycles. The first kappa shape index (κ1) is 14.2. The van der Waals surface area contributed by atoms with Crippen molar-refractivity contribution in [2.24, 2.45) is 11.7 Å². The van der Waals surface area contributed by atoms with E-state index >= 15 is 0 Å². The average Bonchev–Trinajstić information content (AvgIpc) is 2.83. The van der Waals surface area contributed by atoms with Gasteiger partial charge in [-0.2, -0.15) is 0 Å². The highest BCUT2D eigenvalue weighted by molar-refractivity contribution is 6.35. The summed E-state index contributed by atoms with van der Waals surface area (Å²) in [6.45, 7) is 0. The molecule has 1 unspecified atom stereocenters. The molecule has 1 nitrogen and oxygen atoms in total. The second-order valence-electron chi connectivity index (χ2n) is 5.43. The van der Waals surface area contributed by atoms with Crippen LogP contribution < -0.4 is 5.73 Å². The number of hydrogen-bond donors (Lipinski definition) is 1. The lowest BCUT2D eigenvalue weighted by Gasteiger charge is -2.15. The summed E-state index contributed by atoms with van der Waals surface area (Å²) >= 11 is 12.0. The molecule has 2 N–H and O–H groups in total. The molecule has 1 aliphatic rings. The van der Waals surface area contributed by atoms with Crippen molar-refractivity contribution in [1.82, 2.24) is 0 Å². The van der Waals surface area contributed by atoms with E-state index in [2.05, 4.69) is 0 Å². The molecule has 2 rings (SSSR count). The molecule has 1 aliphatic carbocycles. The molecular weight excluding hydrogens is 265 g/mol. The zero-order valence-electron chi connectivity index (χ0n) is 10.7. The first-order valence-electron chi connectivity index (χ1n) is 6.84. The standard InChI is InChI=1S/C15H21Cl2N/c16-13-7-6-12(15(17)10-13)9-14(18)8-5-11-3-1-2-4-11/h6-7,10-11,14H,1-5,8-9,18H2. The van der Waals surface area contributed by atoms with E-state index in [1.54, 1.807) is 6.07 Å². The summed E-state index contributed by atoms with van der Waals surface area (Å²) in [6.07, 6.45) is 8.83. The van der Waals surface area contributed by atoms with Gasteiger partial charge in [0.25, 0.3) is 0 Å². The predicted octanol–water partition coefficient (Wildman–Crippen LogP) is 4.83. The number of hydrogen-bond acceptors (Lipinski definition) is 1. The van der Waals surface area contributed by atoms with E-state index in [1.165, 1.54) is 32.1 Å². The van der Waals surface area contributed by atoms with Crippen molar-refractivity contribution in [1.29, 1.82) is 0 Å². The smallest absolute Gasteiger partial charge is 0.0453 e. The summed E-state index contributed by atoms with van der Waals surface area (Å²) in [4.78, 5) is 0. The molecule has 100 valence electrons. The van der Waals surface area contributed by atoms with Gasteiger partial charge in [-0.1, -0.05) is 55.0 Å². The summed E-state index contributed by atoms with van der Waals surface area (Å²) in [5.74, 6) is 0.914. The van der Waals surface area contributed by atoms with Gasteiger partial charge in [0, 0.05) is 16.1 Å². The molecule has 1 atom stereocenters. The van der Waals surface area contributed by atoms with E-state index in [4.69, 9.17) is 28.9 Å². The Balaban J connectivity index is 1.80. The molecule has 1 aromatic carbocycles. The minimum Gasteiger partial charge on any atom is -0.327 e. The van der Waals surface area contributed by atoms with Crippen LogP contribution in [0.1, 0.15) is 44.1 Å². The lowest BCUT2D eigenvalue weighted by Crippen LogP contribution is -2.23. The molecule has 0 heterocycles. The van der Waals surface area contributed by atoms with Crippen molar-refractivity contribution in [3.8, 4) is 0 Å². The first-order chi connectivity index (χ1) is 8.65. The summed E-state index contributed by atoms with van der Waals surface area (Å²) in [6, 6.07) is 5.87. The molecular formula is C15H21Cl2N. The van der Waals surface area contributed by atoms with Gasteiger partial charge in [-0.25, -0.2) is 0 Å². The summed E-state index contributed by atoms with van der Waals surface area (Å²) in [7, 11) is 0. The maximum atomic E-state index is 6.20. The number of nitrogens with two attached hydrogens (primary N) is 1. The molecule has 0 aromatic heterocycles. The highest BCUT2D eigenvalue weighted by atomic mass is 35.5. The van der Waals surface area contributed by atoms with Crippen LogP contribution in [0.4, 0.5) is 0 Å². The zero-order valence-corrected chi connectivity index (χ0v) is 12.2. The van der Waals surface area contributed by atoms with Gasteiger partial charge in [-0.05, 0) is 42.9 Å². The Bertz CT molecular complexity index is 386. The van der Waals surface area contributed by atoms with E-state index in [-0.39, 0.29) is 6.04 Å². The molecule has 0 radical (unpaired) electrons. The Kier molecular flexibility index (Phi) is 5.35. The SMILES string of the molecule is NC(CCC1CCCC1)Cc1ccc(Cl)cc1Cl. The lowest BCUT2D eigenvalue weighted by atomic mass is 9.95. The third-order valence-electron chi connectivity index (χ3n) is 3.92. The van der Waals surface area contributed by atoms with Crippen LogP contribution in [0.5, 0.6) is 0 Å². The van der Waals surface area contributed by atoms with Gasteiger partial charge in [0.2, 0.25) is 0 Å². The Morgan fingerprint density at radius 2 is 1.94 bits per heavy atom. The molecule has 0 amide bonds. The second-order valence-corrected chi connectivity index (χ2v) is 6.27. The number of rotatable bonds is 5. The normalized spacial score (nSPS) is 18.2. The Labute approximate surface area is 120 Å². The highest BCUT2D eigenvalue weighted by Gasteiger charge is 2.16. The Morgan fingerprint density at radius 3 is 2.61 bits per heavy atom. The van der Waals surface area contributed by atoms with Crippen molar-refractivity contribution in [2.45, 2.75) is 51.0 Å². The Morgan fingerprint density at radius 1 is 1.22 bits per heavy atom. The van der Waals surface area contributed by atoms with Crippen LogP contribution in [0.2, 0.25) is 10.0 Å². The van der Waals surface area contributed by atoms with Crippen LogP contribution in [-0.2, 0) is 6.42 Å². The molecule has 3 heteroatoms. The van der Waals surface area contributed by atoms with Gasteiger partial charge < -0.3 is 5.73 Å². The van der Waals surface area contributed by atoms with Crippen LogP contribution in [-0.4, -0.2) is 6.04 Å². The first-order valence-corrected chi connectivity index (χ1v) is 7.60. The van der Waals surface area contributed by atoms with Crippen LogP contribution in [0.15, 0.2) is 18.2 Å². The fraction of sp³-hybridized carbons (Fsp3) is 0.600. The van der Waals surface area contributed by atoms with Gasteiger partial charge in [-0.3, -0.25) is 0 Å². The van der Waals surface area contributed by atoms with E-state index in [0.717, 1.165) is 29.3 Å². The van der Waals surface area contributed by atoms with Crippen molar-refractivity contribution >= 4 is 23.2 Å². The van der Waals surface area contributed by atoms with E-state index in [1.807, 2.05) is 12.1 Å². The third kappa shape index (κ3) is 4.15. The monoisotopic (exact) mass is 285 g/mol. The molecule has 0 bridgehead atoms. The molecule has 1 fully saturated rings. The van der Waals surface area contributed by atoms with Crippen molar-refractivity contribution in [3.63, 3.8) is 0 Å². The summed E-state index contributed by atoms with van der Waals surface area (Å²) in [5.41, 5.74) is 7.31. The van der Waals surface area contributed by atoms with E-state index in [0.29, 0.717) is 5.02 Å². The van der Waals surface area contributed by atoms with E-state index < -0.39 is 0 Å². The van der Waals surface area contributed by atoms with Crippen LogP contribution in [0, 0.1) is 5.92 Å². The predicted molar refractivity (Wildman–Crippen MR) is 79.3 cm³/mol. The van der Waals surface area contributed by atoms with Crippen molar-refractivity contribution in [2.75, 3.05) is 0 Å². The van der Waals surface area contributed by atoms with Gasteiger partial charge in [0.15, 0.2) is 0 Å². The average molecular weight is 286 g/mol. The maximum Gasteiger partial charge on any atom is 0.0453 e. The third-order valence-corrected chi connectivity index (χ3v) is 4.50. The molecule has 0 saturated heterocycles. The second kappa shape index (κ2) is 6.79. The van der Waals surface area contributed by atoms with E-state index in [9.17, 15) is 0 Å². The number of benzene rings is 1. The molecule has 18 heavy (non-hydrogen) atoms. The van der Waals surface area contributed by atoms with Crippen LogP contribution in [0.3, 0.4) is 0 Å². The minimum absolute atomic E-state index is 0.212. The molecule has 1 aromatic rings. The van der Waals surface area contributed by atoms with Crippen LogP contribution >= 0.6 is 23.2 Å². The fourth-order valence-electron chi connectivity index (χ4n) is 2.82. The highest BCUT2D eigenvalue weighted by Crippen LogP contribution is 2.29. The van der Waals surface area contributed by atoms with Gasteiger partial charge in [0.1, 0.15) is 0 Å². The lowest BCUT2D eigenvalue weighted by molar-refractivity contribution is 0.447.